The Labute approximate surface area is 154 Å². The summed E-state index contributed by atoms with van der Waals surface area (Å²) in [6.45, 7) is 2.44. The van der Waals surface area contributed by atoms with Crippen LogP contribution in [0, 0.1) is 11.8 Å². The third-order valence-corrected chi connectivity index (χ3v) is 5.60. The summed E-state index contributed by atoms with van der Waals surface area (Å²) in [6, 6.07) is 5.97. The lowest BCUT2D eigenvalue weighted by atomic mass is 9.95. The average molecular weight is 357 g/mol. The summed E-state index contributed by atoms with van der Waals surface area (Å²) < 4.78 is 5.80. The van der Waals surface area contributed by atoms with E-state index in [2.05, 4.69) is 0 Å². The minimum atomic E-state index is -0.106. The van der Waals surface area contributed by atoms with E-state index in [9.17, 15) is 9.59 Å². The Morgan fingerprint density at radius 2 is 1.88 bits per heavy atom. The van der Waals surface area contributed by atoms with Crippen LogP contribution in [0.15, 0.2) is 18.2 Å². The van der Waals surface area contributed by atoms with Gasteiger partial charge in [-0.2, -0.15) is 0 Å². The van der Waals surface area contributed by atoms with E-state index < -0.39 is 0 Å². The molecule has 26 heavy (non-hydrogen) atoms. The Bertz CT molecular complexity index is 714. The molecule has 2 amide bonds. The molecule has 6 nitrogen and oxygen atoms in total. The molecule has 1 aromatic rings. The quantitative estimate of drug-likeness (QED) is 0.832. The van der Waals surface area contributed by atoms with Crippen molar-refractivity contribution in [1.29, 1.82) is 0 Å². The molecule has 0 unspecified atom stereocenters. The first-order chi connectivity index (χ1) is 12.5. The number of rotatable bonds is 3. The van der Waals surface area contributed by atoms with Gasteiger partial charge in [0.2, 0.25) is 11.8 Å². The second kappa shape index (κ2) is 6.82. The molecule has 0 N–H and O–H groups in total. The molecule has 0 radical (unpaired) electrons. The SMILES string of the molecule is CN(C)c1ccc2c(c1)OCCN2C(=O)[C@H]1CCCN(C(=O)C2CC2)C1. The minimum absolute atomic E-state index is 0.106. The van der Waals surface area contributed by atoms with Crippen LogP contribution in [0.2, 0.25) is 0 Å². The molecular weight excluding hydrogens is 330 g/mol. The molecule has 1 saturated carbocycles. The molecule has 6 heteroatoms. The highest BCUT2D eigenvalue weighted by Crippen LogP contribution is 2.37. The van der Waals surface area contributed by atoms with Crippen molar-refractivity contribution in [3.05, 3.63) is 18.2 Å². The first-order valence-electron chi connectivity index (χ1n) is 9.59. The monoisotopic (exact) mass is 357 g/mol. The van der Waals surface area contributed by atoms with E-state index in [0.717, 1.165) is 49.4 Å². The maximum atomic E-state index is 13.2. The number of ether oxygens (including phenoxy) is 1. The summed E-state index contributed by atoms with van der Waals surface area (Å²) in [6.07, 6.45) is 3.79. The van der Waals surface area contributed by atoms with E-state index in [1.807, 2.05) is 47.0 Å². The van der Waals surface area contributed by atoms with Gasteiger partial charge in [-0.1, -0.05) is 0 Å². The number of likely N-dealkylation sites (tertiary alicyclic amines) is 1. The number of piperidine rings is 1. The van der Waals surface area contributed by atoms with Crippen molar-refractivity contribution < 1.29 is 14.3 Å². The molecule has 0 bridgehead atoms. The second-order valence-corrected chi connectivity index (χ2v) is 7.78. The fourth-order valence-corrected chi connectivity index (χ4v) is 3.90. The molecule has 1 aliphatic carbocycles. The van der Waals surface area contributed by atoms with Crippen LogP contribution in [-0.4, -0.2) is 57.1 Å². The van der Waals surface area contributed by atoms with Crippen molar-refractivity contribution in [2.24, 2.45) is 11.8 Å². The highest BCUT2D eigenvalue weighted by molar-refractivity contribution is 5.97. The number of fused-ring (bicyclic) bond motifs is 1. The van der Waals surface area contributed by atoms with Gasteiger partial charge in [-0.25, -0.2) is 0 Å². The predicted octanol–water partition coefficient (Wildman–Crippen LogP) is 2.13. The van der Waals surface area contributed by atoms with Crippen LogP contribution in [-0.2, 0) is 9.59 Å². The molecule has 3 aliphatic rings. The molecule has 140 valence electrons. The van der Waals surface area contributed by atoms with Gasteiger partial charge in [0.25, 0.3) is 0 Å². The van der Waals surface area contributed by atoms with Crippen LogP contribution < -0.4 is 14.5 Å². The van der Waals surface area contributed by atoms with Crippen LogP contribution in [0.1, 0.15) is 25.7 Å². The standard InChI is InChI=1S/C20H27N3O3/c1-21(2)16-7-8-17-18(12-16)26-11-10-23(17)20(25)15-4-3-9-22(13-15)19(24)14-5-6-14/h7-8,12,14-15H,3-6,9-11,13H2,1-2H3/t15-/m0/s1. The van der Waals surface area contributed by atoms with Crippen LogP contribution in [0.25, 0.3) is 0 Å². The number of carbonyl (C=O) groups excluding carboxylic acids is 2. The first-order valence-corrected chi connectivity index (χ1v) is 9.59. The van der Waals surface area contributed by atoms with Crippen LogP contribution in [0.4, 0.5) is 11.4 Å². The van der Waals surface area contributed by atoms with Crippen molar-refractivity contribution in [3.8, 4) is 5.75 Å². The Morgan fingerprint density at radius 1 is 1.08 bits per heavy atom. The number of nitrogens with zero attached hydrogens (tertiary/aromatic N) is 3. The lowest BCUT2D eigenvalue weighted by Crippen LogP contribution is -2.49. The van der Waals surface area contributed by atoms with E-state index in [1.165, 1.54) is 0 Å². The molecule has 0 aromatic heterocycles. The Morgan fingerprint density at radius 3 is 2.62 bits per heavy atom. The van der Waals surface area contributed by atoms with Gasteiger partial charge in [0, 0.05) is 44.9 Å². The molecule has 2 heterocycles. The summed E-state index contributed by atoms with van der Waals surface area (Å²) in [5, 5.41) is 0. The van der Waals surface area contributed by atoms with Crippen LogP contribution in [0.5, 0.6) is 5.75 Å². The van der Waals surface area contributed by atoms with Gasteiger partial charge < -0.3 is 19.4 Å². The van der Waals surface area contributed by atoms with E-state index >= 15 is 0 Å². The molecular formula is C20H27N3O3. The van der Waals surface area contributed by atoms with Gasteiger partial charge in [0.1, 0.15) is 12.4 Å². The zero-order valence-electron chi connectivity index (χ0n) is 15.6. The van der Waals surface area contributed by atoms with Crippen molar-refractivity contribution >= 4 is 23.2 Å². The molecule has 1 atom stereocenters. The zero-order valence-corrected chi connectivity index (χ0v) is 15.6. The zero-order chi connectivity index (χ0) is 18.3. The van der Waals surface area contributed by atoms with Crippen LogP contribution in [0.3, 0.4) is 0 Å². The molecule has 0 spiro atoms. The summed E-state index contributed by atoms with van der Waals surface area (Å²) in [4.78, 5) is 31.4. The number of hydrogen-bond donors (Lipinski definition) is 0. The molecule has 1 aromatic carbocycles. The summed E-state index contributed by atoms with van der Waals surface area (Å²) in [5.41, 5.74) is 1.90. The lowest BCUT2D eigenvalue weighted by Gasteiger charge is -2.37. The highest BCUT2D eigenvalue weighted by Gasteiger charge is 2.38. The average Bonchev–Trinajstić information content (AvgIpc) is 3.51. The van der Waals surface area contributed by atoms with E-state index in [0.29, 0.717) is 19.7 Å². The van der Waals surface area contributed by atoms with Crippen molar-refractivity contribution in [2.75, 3.05) is 50.1 Å². The van der Waals surface area contributed by atoms with Gasteiger partial charge in [0.05, 0.1) is 18.2 Å². The van der Waals surface area contributed by atoms with Gasteiger partial charge >= 0.3 is 0 Å². The van der Waals surface area contributed by atoms with E-state index in [-0.39, 0.29) is 23.7 Å². The fourth-order valence-electron chi connectivity index (χ4n) is 3.90. The number of carbonyl (C=O) groups is 2. The van der Waals surface area contributed by atoms with E-state index in [4.69, 9.17) is 4.74 Å². The topological polar surface area (TPSA) is 53.1 Å². The van der Waals surface area contributed by atoms with Gasteiger partial charge in [-0.3, -0.25) is 9.59 Å². The third-order valence-electron chi connectivity index (χ3n) is 5.60. The Balaban J connectivity index is 1.51. The maximum Gasteiger partial charge on any atom is 0.232 e. The van der Waals surface area contributed by atoms with Crippen molar-refractivity contribution in [1.82, 2.24) is 4.90 Å². The number of amides is 2. The fraction of sp³-hybridized carbons (Fsp3) is 0.600. The van der Waals surface area contributed by atoms with Crippen molar-refractivity contribution in [3.63, 3.8) is 0 Å². The largest absolute Gasteiger partial charge is 0.489 e. The van der Waals surface area contributed by atoms with Crippen molar-refractivity contribution in [2.45, 2.75) is 25.7 Å². The number of anilines is 2. The number of hydrogen-bond acceptors (Lipinski definition) is 4. The lowest BCUT2D eigenvalue weighted by molar-refractivity contribution is -0.136. The molecule has 2 fully saturated rings. The van der Waals surface area contributed by atoms with Gasteiger partial charge in [0.15, 0.2) is 0 Å². The highest BCUT2D eigenvalue weighted by atomic mass is 16.5. The smallest absolute Gasteiger partial charge is 0.232 e. The number of benzene rings is 1. The Kier molecular flexibility index (Phi) is 4.51. The van der Waals surface area contributed by atoms with E-state index in [1.54, 1.807) is 0 Å². The summed E-state index contributed by atoms with van der Waals surface area (Å²) in [5.74, 6) is 1.25. The van der Waals surface area contributed by atoms with Gasteiger partial charge in [-0.05, 0) is 37.8 Å². The predicted molar refractivity (Wildman–Crippen MR) is 101 cm³/mol. The first kappa shape index (κ1) is 17.2. The third kappa shape index (κ3) is 3.24. The minimum Gasteiger partial charge on any atom is -0.489 e. The molecule has 4 rings (SSSR count). The second-order valence-electron chi connectivity index (χ2n) is 7.78. The molecule has 1 saturated heterocycles. The Hall–Kier alpha value is -2.24. The van der Waals surface area contributed by atoms with Crippen LogP contribution >= 0.6 is 0 Å². The molecule has 2 aliphatic heterocycles. The maximum absolute atomic E-state index is 13.2. The summed E-state index contributed by atoms with van der Waals surface area (Å²) in [7, 11) is 3.97. The normalized spacial score (nSPS) is 22.5. The summed E-state index contributed by atoms with van der Waals surface area (Å²) >= 11 is 0. The van der Waals surface area contributed by atoms with Gasteiger partial charge in [-0.15, -0.1) is 0 Å².